The Morgan fingerprint density at radius 3 is 2.53 bits per heavy atom. The van der Waals surface area contributed by atoms with Gasteiger partial charge < -0.3 is 10.6 Å². The lowest BCUT2D eigenvalue weighted by molar-refractivity contribution is 0.255. The summed E-state index contributed by atoms with van der Waals surface area (Å²) >= 11 is 1.65. The molecule has 4 aromatic rings. The van der Waals surface area contributed by atoms with Crippen molar-refractivity contribution in [2.45, 2.75) is 31.2 Å². The van der Waals surface area contributed by atoms with Gasteiger partial charge in [0.2, 0.25) is 0 Å². The van der Waals surface area contributed by atoms with Crippen LogP contribution in [-0.2, 0) is 5.54 Å². The van der Waals surface area contributed by atoms with E-state index in [0.717, 1.165) is 58.3 Å². The molecule has 5 rings (SSSR count). The van der Waals surface area contributed by atoms with Crippen molar-refractivity contribution in [3.63, 3.8) is 0 Å². The molecule has 0 bridgehead atoms. The van der Waals surface area contributed by atoms with Crippen LogP contribution in [0.2, 0.25) is 0 Å². The van der Waals surface area contributed by atoms with Crippen molar-refractivity contribution >= 4 is 11.3 Å². The van der Waals surface area contributed by atoms with Gasteiger partial charge in [-0.15, -0.1) is 11.3 Å². The van der Waals surface area contributed by atoms with Crippen molar-refractivity contribution in [2.24, 2.45) is 5.73 Å². The normalized spacial score (nSPS) is 16.9. The van der Waals surface area contributed by atoms with Gasteiger partial charge >= 0.3 is 0 Å². The fourth-order valence-corrected chi connectivity index (χ4v) is 5.65. The first-order chi connectivity index (χ1) is 16.4. The molecular weight excluding hydrogens is 445 g/mol. The maximum absolute atomic E-state index is 14.1. The highest BCUT2D eigenvalue weighted by Crippen LogP contribution is 2.41. The number of nitrogens with two attached hydrogens (primary N) is 1. The third kappa shape index (κ3) is 4.51. The summed E-state index contributed by atoms with van der Waals surface area (Å²) in [5.41, 5.74) is 9.09. The van der Waals surface area contributed by atoms with E-state index in [-0.39, 0.29) is 5.82 Å². The summed E-state index contributed by atoms with van der Waals surface area (Å²) in [6.07, 6.45) is 3.88. The molecule has 1 saturated heterocycles. The van der Waals surface area contributed by atoms with Crippen LogP contribution in [0, 0.1) is 5.82 Å². The molecule has 1 atom stereocenters. The van der Waals surface area contributed by atoms with Crippen LogP contribution < -0.4 is 5.73 Å². The predicted octanol–water partition coefficient (Wildman–Crippen LogP) is 5.44. The summed E-state index contributed by atoms with van der Waals surface area (Å²) in [5.74, 6) is 0.655. The van der Waals surface area contributed by atoms with Gasteiger partial charge in [-0.2, -0.15) is 0 Å². The van der Waals surface area contributed by atoms with Gasteiger partial charge in [0.15, 0.2) is 5.82 Å². The number of thiazole rings is 1. The van der Waals surface area contributed by atoms with Gasteiger partial charge in [0.1, 0.15) is 5.82 Å². The van der Waals surface area contributed by atoms with Gasteiger partial charge in [-0.05, 0) is 63.7 Å². The second-order valence-corrected chi connectivity index (χ2v) is 10.2. The molecule has 0 unspecified atom stereocenters. The van der Waals surface area contributed by atoms with Gasteiger partial charge in [-0.1, -0.05) is 42.5 Å². The first-order valence-corrected chi connectivity index (χ1v) is 12.4. The number of likely N-dealkylation sites (tertiary alicyclic amines) is 1. The van der Waals surface area contributed by atoms with Crippen LogP contribution >= 0.6 is 11.3 Å². The van der Waals surface area contributed by atoms with Crippen molar-refractivity contribution in [2.75, 3.05) is 20.1 Å². The molecule has 1 aliphatic heterocycles. The van der Waals surface area contributed by atoms with Gasteiger partial charge in [0.25, 0.3) is 0 Å². The molecule has 5 nitrogen and oxygen atoms in total. The third-order valence-corrected chi connectivity index (χ3v) is 7.78. The number of benzene rings is 2. The van der Waals surface area contributed by atoms with Crippen molar-refractivity contribution in [3.05, 3.63) is 89.1 Å². The van der Waals surface area contributed by atoms with Crippen LogP contribution in [0.15, 0.2) is 66.9 Å². The summed E-state index contributed by atoms with van der Waals surface area (Å²) in [6, 6.07) is 18.4. The number of hydrogen-bond acceptors (Lipinski definition) is 6. The quantitative estimate of drug-likeness (QED) is 0.418. The van der Waals surface area contributed by atoms with Crippen molar-refractivity contribution < 1.29 is 4.39 Å². The minimum atomic E-state index is -0.849. The van der Waals surface area contributed by atoms with Crippen LogP contribution in [0.25, 0.3) is 21.8 Å². The topological polar surface area (TPSA) is 67.9 Å². The van der Waals surface area contributed by atoms with Crippen molar-refractivity contribution in [1.29, 1.82) is 0 Å². The first-order valence-electron chi connectivity index (χ1n) is 11.6. The molecule has 34 heavy (non-hydrogen) atoms. The largest absolute Gasteiger partial charge is 0.315 e. The van der Waals surface area contributed by atoms with Gasteiger partial charge in [0, 0.05) is 17.7 Å². The average Bonchev–Trinajstić information content (AvgIpc) is 3.31. The zero-order chi connectivity index (χ0) is 23.7. The minimum absolute atomic E-state index is 0.278. The molecule has 2 N–H and O–H groups in total. The molecular formula is C27H28FN5S. The molecule has 3 heterocycles. The zero-order valence-corrected chi connectivity index (χ0v) is 20.2. The lowest BCUT2D eigenvalue weighted by Gasteiger charge is -2.27. The molecule has 1 fully saturated rings. The standard InChI is InChI=1S/C27H28FN5S/c1-27(29,20-8-4-3-5-9-20)26-30-14-11-22(31-26)24-23(19-7-6-10-21(28)17-19)32-25(34-24)18-12-15-33(2)16-13-18/h3-11,14,17-18H,12-13,15-16,29H2,1-2H3/t27-/m0/s1. The van der Waals surface area contributed by atoms with Crippen LogP contribution in [0.4, 0.5) is 4.39 Å². The maximum atomic E-state index is 14.1. The maximum Gasteiger partial charge on any atom is 0.153 e. The molecule has 0 saturated carbocycles. The van der Waals surface area contributed by atoms with E-state index in [1.807, 2.05) is 49.4 Å². The second kappa shape index (κ2) is 9.33. The molecule has 0 radical (unpaired) electrons. The summed E-state index contributed by atoms with van der Waals surface area (Å²) in [6.45, 7) is 4.02. The monoisotopic (exact) mass is 473 g/mol. The molecule has 0 spiro atoms. The SMILES string of the molecule is CN1CCC(c2nc(-c3cccc(F)c3)c(-c3ccnc([C@@](C)(N)c4ccccc4)n3)s2)CC1. The molecule has 2 aromatic heterocycles. The fraction of sp³-hybridized carbons (Fsp3) is 0.296. The predicted molar refractivity (Wildman–Crippen MR) is 135 cm³/mol. The van der Waals surface area contributed by atoms with Crippen LogP contribution in [-0.4, -0.2) is 40.0 Å². The summed E-state index contributed by atoms with van der Waals surface area (Å²) < 4.78 is 14.1. The third-order valence-electron chi connectivity index (χ3n) is 6.54. The lowest BCUT2D eigenvalue weighted by atomic mass is 9.92. The Morgan fingerprint density at radius 2 is 1.79 bits per heavy atom. The molecule has 174 valence electrons. The van der Waals surface area contributed by atoms with Crippen LogP contribution in [0.5, 0.6) is 0 Å². The second-order valence-electron chi connectivity index (χ2n) is 9.15. The minimum Gasteiger partial charge on any atom is -0.315 e. The van der Waals surface area contributed by atoms with Crippen molar-refractivity contribution in [3.8, 4) is 21.8 Å². The van der Waals surface area contributed by atoms with E-state index in [0.29, 0.717) is 11.7 Å². The highest BCUT2D eigenvalue weighted by atomic mass is 32.1. The van der Waals surface area contributed by atoms with E-state index in [1.165, 1.54) is 12.1 Å². The van der Waals surface area contributed by atoms with E-state index in [9.17, 15) is 4.39 Å². The number of aromatic nitrogens is 3. The summed E-state index contributed by atoms with van der Waals surface area (Å²) in [4.78, 5) is 17.7. The molecule has 2 aromatic carbocycles. The van der Waals surface area contributed by atoms with E-state index in [1.54, 1.807) is 23.6 Å². The Morgan fingerprint density at radius 1 is 1.03 bits per heavy atom. The highest BCUT2D eigenvalue weighted by molar-refractivity contribution is 7.15. The van der Waals surface area contributed by atoms with Gasteiger partial charge in [0.05, 0.1) is 26.8 Å². The fourth-order valence-electron chi connectivity index (χ4n) is 4.42. The first kappa shape index (κ1) is 22.8. The highest BCUT2D eigenvalue weighted by Gasteiger charge is 2.29. The molecule has 7 heteroatoms. The van der Waals surface area contributed by atoms with Gasteiger partial charge in [-0.3, -0.25) is 0 Å². The van der Waals surface area contributed by atoms with E-state index < -0.39 is 5.54 Å². The zero-order valence-electron chi connectivity index (χ0n) is 19.4. The number of halogens is 1. The Labute approximate surface area is 203 Å². The smallest absolute Gasteiger partial charge is 0.153 e. The van der Waals surface area contributed by atoms with Crippen LogP contribution in [0.1, 0.15) is 42.1 Å². The Bertz CT molecular complexity index is 1280. The summed E-state index contributed by atoms with van der Waals surface area (Å²) in [7, 11) is 2.15. The number of piperidine rings is 1. The van der Waals surface area contributed by atoms with E-state index in [2.05, 4.69) is 16.9 Å². The Hall–Kier alpha value is -3.00. The Balaban J connectivity index is 1.59. The number of hydrogen-bond donors (Lipinski definition) is 1. The molecule has 0 aliphatic carbocycles. The van der Waals surface area contributed by atoms with Gasteiger partial charge in [-0.25, -0.2) is 19.3 Å². The molecule has 0 amide bonds. The summed E-state index contributed by atoms with van der Waals surface area (Å²) in [5, 5.41) is 1.08. The number of nitrogens with zero attached hydrogens (tertiary/aromatic N) is 4. The molecule has 1 aliphatic rings. The number of rotatable bonds is 5. The van der Waals surface area contributed by atoms with E-state index >= 15 is 0 Å². The Kier molecular flexibility index (Phi) is 6.25. The van der Waals surface area contributed by atoms with Crippen LogP contribution in [0.3, 0.4) is 0 Å². The lowest BCUT2D eigenvalue weighted by Crippen LogP contribution is -2.36. The van der Waals surface area contributed by atoms with Crippen molar-refractivity contribution in [1.82, 2.24) is 19.9 Å². The average molecular weight is 474 g/mol. The van der Waals surface area contributed by atoms with E-state index in [4.69, 9.17) is 15.7 Å².